The van der Waals surface area contributed by atoms with Crippen LogP contribution in [0.5, 0.6) is 23.0 Å². The summed E-state index contributed by atoms with van der Waals surface area (Å²) >= 11 is 16.0. The van der Waals surface area contributed by atoms with Gasteiger partial charge in [-0.05, 0) is 132 Å². The summed E-state index contributed by atoms with van der Waals surface area (Å²) in [6, 6.07) is 25.9. The van der Waals surface area contributed by atoms with Crippen molar-refractivity contribution in [3.05, 3.63) is 113 Å². The summed E-state index contributed by atoms with van der Waals surface area (Å²) < 4.78 is 0. The van der Waals surface area contributed by atoms with E-state index in [-0.39, 0.29) is 79.0 Å². The van der Waals surface area contributed by atoms with Crippen LogP contribution < -0.4 is 21.7 Å². The molecule has 0 unspecified atom stereocenters. The molecule has 0 bridgehead atoms. The number of aromatic nitrogens is 6. The van der Waals surface area contributed by atoms with Crippen LogP contribution in [0, 0.1) is 0 Å². The van der Waals surface area contributed by atoms with Gasteiger partial charge in [-0.15, -0.1) is 0 Å². The molecule has 0 aliphatic carbocycles. The Kier molecular flexibility index (Phi) is 17.3. The van der Waals surface area contributed by atoms with Gasteiger partial charge in [0.05, 0.1) is 0 Å². The van der Waals surface area contributed by atoms with Gasteiger partial charge in [-0.2, -0.15) is 29.9 Å². The summed E-state index contributed by atoms with van der Waals surface area (Å²) in [4.78, 5) is 23.5. The Hall–Kier alpha value is -5.83. The second kappa shape index (κ2) is 20.5. The summed E-state index contributed by atoms with van der Waals surface area (Å²) in [5.74, 6) is 1.54. The Bertz CT molecular complexity index is 1660. The lowest BCUT2D eigenvalue weighted by molar-refractivity contribution is 0.475. The number of benzene rings is 4. The molecule has 0 atom stereocenters. The number of hydrogen-bond donors (Lipinski definition) is 8. The minimum atomic E-state index is 0. The molecular weight excluding hydrogens is 707 g/mol. The summed E-state index contributed by atoms with van der Waals surface area (Å²) in [5.41, 5.74) is 8.04. The number of hydrogen-bond acceptors (Lipinski definition) is 14. The van der Waals surface area contributed by atoms with E-state index in [1.54, 1.807) is 97.1 Å². The first-order valence-electron chi connectivity index (χ1n) is 13.2. The third-order valence-corrected chi connectivity index (χ3v) is 5.96. The molecule has 0 radical (unpaired) electrons. The standard InChI is InChI=1S/C21H18N6O3.C6H7NO.C3Cl3N3.3CH4/c28-16-7-1-13(2-8-16)22-19-25-20(23-14-3-9-17(29)10-4-14)27-21(26-19)24-15-5-11-18(30)12-6-15;7-5-1-3-6(8)4-2-5;4-1-7-2(5)9-3(6)8-1;;;/h1-12,28-30H,(H3,22,23,24,25,26,27);1-4,8H,7H2;;3*1H4. The van der Waals surface area contributed by atoms with E-state index in [1.165, 1.54) is 0 Å². The number of nitrogens with one attached hydrogen (secondary N) is 3. The van der Waals surface area contributed by atoms with Gasteiger partial charge < -0.3 is 42.1 Å². The maximum absolute atomic E-state index is 9.45. The highest BCUT2D eigenvalue weighted by Crippen LogP contribution is 2.23. The van der Waals surface area contributed by atoms with Crippen LogP contribution in [0.25, 0.3) is 0 Å². The fourth-order valence-electron chi connectivity index (χ4n) is 3.34. The highest BCUT2D eigenvalue weighted by atomic mass is 35.5. The topological polar surface area (TPSA) is 220 Å². The Balaban J connectivity index is 0.000000515. The van der Waals surface area contributed by atoms with Crippen molar-refractivity contribution in [2.75, 3.05) is 21.7 Å². The van der Waals surface area contributed by atoms with Crippen LogP contribution in [-0.4, -0.2) is 50.3 Å². The summed E-state index contributed by atoms with van der Waals surface area (Å²) in [6.45, 7) is 0. The van der Waals surface area contributed by atoms with Gasteiger partial charge in [0.2, 0.25) is 33.7 Å². The van der Waals surface area contributed by atoms with Crippen LogP contribution in [0.1, 0.15) is 22.3 Å². The molecule has 2 heterocycles. The van der Waals surface area contributed by atoms with Crippen LogP contribution in [0.4, 0.5) is 40.6 Å². The van der Waals surface area contributed by atoms with Crippen molar-refractivity contribution in [2.24, 2.45) is 0 Å². The molecule has 0 spiro atoms. The SMILES string of the molecule is C.C.C.Clc1nc(Cl)nc(Cl)n1.Nc1ccc(O)cc1.Oc1ccc(Nc2nc(Nc3ccc(O)cc3)nc(Nc3ccc(O)cc3)n2)cc1. The normalized spacial score (nSPS) is 9.42. The number of phenolic OH excluding ortho intramolecular Hbond substituents is 4. The molecule has 9 N–H and O–H groups in total. The van der Waals surface area contributed by atoms with Crippen LogP contribution in [0.15, 0.2) is 97.1 Å². The van der Waals surface area contributed by atoms with Gasteiger partial charge in [0.1, 0.15) is 23.0 Å². The van der Waals surface area contributed by atoms with Gasteiger partial charge in [-0.25, -0.2) is 0 Å². The maximum Gasteiger partial charge on any atom is 0.233 e. The summed E-state index contributed by atoms with van der Waals surface area (Å²) in [5, 5.41) is 46.3. The third kappa shape index (κ3) is 14.5. The highest BCUT2D eigenvalue weighted by molar-refractivity contribution is 6.33. The lowest BCUT2D eigenvalue weighted by Gasteiger charge is -2.12. The molecule has 14 nitrogen and oxygen atoms in total. The molecule has 6 aromatic rings. The van der Waals surface area contributed by atoms with E-state index < -0.39 is 0 Å². The number of anilines is 7. The van der Waals surface area contributed by atoms with Crippen molar-refractivity contribution in [1.82, 2.24) is 29.9 Å². The summed E-state index contributed by atoms with van der Waals surface area (Å²) in [7, 11) is 0. The second-order valence-corrected chi connectivity index (χ2v) is 10.1. The van der Waals surface area contributed by atoms with E-state index in [9.17, 15) is 15.3 Å². The van der Waals surface area contributed by atoms with Crippen molar-refractivity contribution in [3.63, 3.8) is 0 Å². The first-order valence-corrected chi connectivity index (χ1v) is 14.4. The molecule has 6 rings (SSSR count). The van der Waals surface area contributed by atoms with Gasteiger partial charge in [-0.3, -0.25) is 0 Å². The Labute approximate surface area is 304 Å². The third-order valence-electron chi connectivity index (χ3n) is 5.45. The van der Waals surface area contributed by atoms with Gasteiger partial charge in [-0.1, -0.05) is 22.3 Å². The van der Waals surface area contributed by atoms with E-state index >= 15 is 0 Å². The number of aromatic hydroxyl groups is 4. The second-order valence-electron chi connectivity index (χ2n) is 9.06. The molecular formula is C33H37Cl3N10O4. The van der Waals surface area contributed by atoms with Gasteiger partial charge in [0.15, 0.2) is 0 Å². The van der Waals surface area contributed by atoms with Crippen LogP contribution in [0.2, 0.25) is 15.9 Å². The molecule has 0 aliphatic heterocycles. The van der Waals surface area contributed by atoms with Gasteiger partial charge in [0.25, 0.3) is 0 Å². The van der Waals surface area contributed by atoms with Gasteiger partial charge in [0, 0.05) is 22.7 Å². The number of nitrogens with zero attached hydrogens (tertiary/aromatic N) is 6. The van der Waals surface area contributed by atoms with E-state index in [0.717, 1.165) is 0 Å². The zero-order valence-corrected chi connectivity index (χ0v) is 26.2. The first kappa shape index (κ1) is 42.2. The number of nitrogens with two attached hydrogens (primary N) is 1. The molecule has 0 fully saturated rings. The predicted molar refractivity (Wildman–Crippen MR) is 202 cm³/mol. The zero-order valence-electron chi connectivity index (χ0n) is 23.9. The van der Waals surface area contributed by atoms with E-state index in [0.29, 0.717) is 22.7 Å². The molecule has 264 valence electrons. The minimum Gasteiger partial charge on any atom is -0.508 e. The number of halogens is 3. The summed E-state index contributed by atoms with van der Waals surface area (Å²) in [6.07, 6.45) is 0. The molecule has 50 heavy (non-hydrogen) atoms. The minimum absolute atomic E-state index is 0. The van der Waals surface area contributed by atoms with E-state index in [1.807, 2.05) is 0 Å². The van der Waals surface area contributed by atoms with Crippen molar-refractivity contribution in [3.8, 4) is 23.0 Å². The number of rotatable bonds is 6. The molecule has 0 saturated carbocycles. The van der Waals surface area contributed by atoms with E-state index in [4.69, 9.17) is 45.6 Å². The quantitative estimate of drug-likeness (QED) is 0.0590. The zero-order chi connectivity index (χ0) is 33.8. The van der Waals surface area contributed by atoms with Crippen molar-refractivity contribution in [2.45, 2.75) is 22.3 Å². The molecule has 4 aromatic carbocycles. The average Bonchev–Trinajstić information content (AvgIpc) is 3.02. The fraction of sp³-hybridized carbons (Fsp3) is 0.0909. The average molecular weight is 744 g/mol. The van der Waals surface area contributed by atoms with Crippen LogP contribution in [-0.2, 0) is 0 Å². The van der Waals surface area contributed by atoms with E-state index in [2.05, 4.69) is 45.9 Å². The lowest BCUT2D eigenvalue weighted by atomic mass is 10.3. The Morgan fingerprint density at radius 3 is 0.820 bits per heavy atom. The fourth-order valence-corrected chi connectivity index (χ4v) is 3.95. The monoisotopic (exact) mass is 742 g/mol. The first-order chi connectivity index (χ1) is 22.5. The van der Waals surface area contributed by atoms with Crippen molar-refractivity contribution in [1.29, 1.82) is 0 Å². The molecule has 17 heteroatoms. The Morgan fingerprint density at radius 1 is 0.380 bits per heavy atom. The van der Waals surface area contributed by atoms with Crippen molar-refractivity contribution >= 4 is 75.4 Å². The lowest BCUT2D eigenvalue weighted by Crippen LogP contribution is -2.07. The predicted octanol–water partition coefficient (Wildman–Crippen LogP) is 8.93. The number of phenols is 4. The smallest absolute Gasteiger partial charge is 0.233 e. The highest BCUT2D eigenvalue weighted by Gasteiger charge is 2.09. The van der Waals surface area contributed by atoms with Crippen LogP contribution >= 0.6 is 34.8 Å². The van der Waals surface area contributed by atoms with Crippen molar-refractivity contribution < 1.29 is 20.4 Å². The molecule has 0 saturated heterocycles. The molecule has 0 amide bonds. The largest absolute Gasteiger partial charge is 0.508 e. The molecule has 2 aromatic heterocycles. The van der Waals surface area contributed by atoms with Crippen LogP contribution in [0.3, 0.4) is 0 Å². The van der Waals surface area contributed by atoms with Gasteiger partial charge >= 0.3 is 0 Å². The number of nitrogen functional groups attached to an aromatic ring is 1. The Morgan fingerprint density at radius 2 is 0.600 bits per heavy atom. The maximum atomic E-state index is 9.45. The molecule has 0 aliphatic rings.